The Morgan fingerprint density at radius 2 is 1.90 bits per heavy atom. The van der Waals surface area contributed by atoms with E-state index in [4.69, 9.17) is 0 Å². The lowest BCUT2D eigenvalue weighted by molar-refractivity contribution is 0.786. The standard InChI is InChI=1S/C18H22N2/c1-19-12-10-16-8-5-9-18-17(16)11-13-20(18)14-15-6-3-2-4-7-15/h2-9,19H,10-14H2,1H3. The Morgan fingerprint density at radius 3 is 2.70 bits per heavy atom. The molecule has 2 aromatic carbocycles. The van der Waals surface area contributed by atoms with E-state index in [1.54, 1.807) is 5.56 Å². The monoisotopic (exact) mass is 266 g/mol. The van der Waals surface area contributed by atoms with Gasteiger partial charge in [-0.25, -0.2) is 0 Å². The number of hydrogen-bond donors (Lipinski definition) is 1. The number of rotatable bonds is 5. The van der Waals surface area contributed by atoms with E-state index in [0.29, 0.717) is 0 Å². The Kier molecular flexibility index (Phi) is 4.03. The van der Waals surface area contributed by atoms with Crippen LogP contribution in [0, 0.1) is 0 Å². The van der Waals surface area contributed by atoms with E-state index in [9.17, 15) is 0 Å². The smallest absolute Gasteiger partial charge is 0.0429 e. The lowest BCUT2D eigenvalue weighted by Crippen LogP contribution is -2.19. The number of fused-ring (bicyclic) bond motifs is 1. The van der Waals surface area contributed by atoms with E-state index in [2.05, 4.69) is 58.7 Å². The van der Waals surface area contributed by atoms with Gasteiger partial charge in [0.05, 0.1) is 0 Å². The molecule has 1 N–H and O–H groups in total. The second-order valence-electron chi connectivity index (χ2n) is 5.43. The maximum Gasteiger partial charge on any atom is 0.0429 e. The maximum absolute atomic E-state index is 3.24. The van der Waals surface area contributed by atoms with Crippen molar-refractivity contribution >= 4 is 5.69 Å². The molecule has 1 heterocycles. The SMILES string of the molecule is CNCCc1cccc2c1CCN2Cc1ccccc1. The molecule has 0 saturated heterocycles. The molecule has 2 nitrogen and oxygen atoms in total. The van der Waals surface area contributed by atoms with E-state index < -0.39 is 0 Å². The number of nitrogens with one attached hydrogen (secondary N) is 1. The fourth-order valence-electron chi connectivity index (χ4n) is 3.04. The Bertz CT molecular complexity index is 563. The molecule has 0 amide bonds. The number of benzene rings is 2. The third kappa shape index (κ3) is 2.70. The normalized spacial score (nSPS) is 13.6. The summed E-state index contributed by atoms with van der Waals surface area (Å²) in [5.41, 5.74) is 5.88. The van der Waals surface area contributed by atoms with Crippen molar-refractivity contribution in [1.29, 1.82) is 0 Å². The highest BCUT2D eigenvalue weighted by Crippen LogP contribution is 2.32. The summed E-state index contributed by atoms with van der Waals surface area (Å²) in [5, 5.41) is 3.24. The first-order valence-electron chi connectivity index (χ1n) is 7.42. The minimum atomic E-state index is 1.02. The highest BCUT2D eigenvalue weighted by atomic mass is 15.1. The van der Waals surface area contributed by atoms with Gasteiger partial charge in [0.25, 0.3) is 0 Å². The van der Waals surface area contributed by atoms with Crippen molar-refractivity contribution < 1.29 is 0 Å². The highest BCUT2D eigenvalue weighted by molar-refractivity contribution is 5.61. The van der Waals surface area contributed by atoms with Gasteiger partial charge in [-0.3, -0.25) is 0 Å². The zero-order valence-corrected chi connectivity index (χ0v) is 12.1. The topological polar surface area (TPSA) is 15.3 Å². The molecule has 3 rings (SSSR count). The first-order valence-corrected chi connectivity index (χ1v) is 7.42. The minimum absolute atomic E-state index is 1.02. The van der Waals surface area contributed by atoms with Crippen LogP contribution in [0.15, 0.2) is 48.5 Å². The van der Waals surface area contributed by atoms with Gasteiger partial charge in [-0.2, -0.15) is 0 Å². The zero-order valence-electron chi connectivity index (χ0n) is 12.1. The van der Waals surface area contributed by atoms with Crippen LogP contribution in [-0.2, 0) is 19.4 Å². The van der Waals surface area contributed by atoms with E-state index in [1.807, 2.05) is 7.05 Å². The number of nitrogens with zero attached hydrogens (tertiary/aromatic N) is 1. The van der Waals surface area contributed by atoms with Crippen molar-refractivity contribution in [3.05, 3.63) is 65.2 Å². The molecule has 0 bridgehead atoms. The zero-order chi connectivity index (χ0) is 13.8. The summed E-state index contributed by atoms with van der Waals surface area (Å²) in [7, 11) is 2.02. The van der Waals surface area contributed by atoms with Gasteiger partial charge in [-0.15, -0.1) is 0 Å². The average Bonchev–Trinajstić information content (AvgIpc) is 2.90. The van der Waals surface area contributed by atoms with Crippen molar-refractivity contribution in [2.75, 3.05) is 25.0 Å². The predicted octanol–water partition coefficient (Wildman–Crippen LogP) is 3.01. The average molecular weight is 266 g/mol. The van der Waals surface area contributed by atoms with Crippen molar-refractivity contribution in [1.82, 2.24) is 5.32 Å². The van der Waals surface area contributed by atoms with Crippen LogP contribution >= 0.6 is 0 Å². The highest BCUT2D eigenvalue weighted by Gasteiger charge is 2.21. The fraction of sp³-hybridized carbons (Fsp3) is 0.333. The molecular formula is C18H22N2. The van der Waals surface area contributed by atoms with E-state index in [-0.39, 0.29) is 0 Å². The molecule has 1 aliphatic rings. The van der Waals surface area contributed by atoms with Gasteiger partial charge in [0.1, 0.15) is 0 Å². The van der Waals surface area contributed by atoms with Gasteiger partial charge in [0.2, 0.25) is 0 Å². The van der Waals surface area contributed by atoms with Crippen molar-refractivity contribution in [3.8, 4) is 0 Å². The summed E-state index contributed by atoms with van der Waals surface area (Å²) in [4.78, 5) is 2.51. The molecule has 0 unspecified atom stereocenters. The number of anilines is 1. The molecule has 2 aromatic rings. The minimum Gasteiger partial charge on any atom is -0.367 e. The molecule has 20 heavy (non-hydrogen) atoms. The number of hydrogen-bond acceptors (Lipinski definition) is 2. The molecule has 1 aliphatic heterocycles. The van der Waals surface area contributed by atoms with Crippen LogP contribution in [0.5, 0.6) is 0 Å². The molecule has 0 aromatic heterocycles. The molecule has 0 radical (unpaired) electrons. The van der Waals surface area contributed by atoms with Gasteiger partial charge in [-0.05, 0) is 49.2 Å². The predicted molar refractivity (Wildman–Crippen MR) is 85.3 cm³/mol. The molecule has 2 heteroatoms. The van der Waals surface area contributed by atoms with Crippen LogP contribution in [0.3, 0.4) is 0 Å². The van der Waals surface area contributed by atoms with Gasteiger partial charge in [0, 0.05) is 18.8 Å². The van der Waals surface area contributed by atoms with Crippen LogP contribution in [0.4, 0.5) is 5.69 Å². The quantitative estimate of drug-likeness (QED) is 0.895. The van der Waals surface area contributed by atoms with Crippen LogP contribution in [0.2, 0.25) is 0 Å². The molecule has 0 aliphatic carbocycles. The fourth-order valence-corrected chi connectivity index (χ4v) is 3.04. The van der Waals surface area contributed by atoms with E-state index >= 15 is 0 Å². The summed E-state index contributed by atoms with van der Waals surface area (Å²) in [6, 6.07) is 17.5. The second kappa shape index (κ2) is 6.10. The molecular weight excluding hydrogens is 244 g/mol. The second-order valence-corrected chi connectivity index (χ2v) is 5.43. The Hall–Kier alpha value is -1.80. The summed E-state index contributed by atoms with van der Waals surface area (Å²) in [5.74, 6) is 0. The maximum atomic E-state index is 3.24. The van der Waals surface area contributed by atoms with Crippen LogP contribution in [0.1, 0.15) is 16.7 Å². The van der Waals surface area contributed by atoms with Gasteiger partial charge >= 0.3 is 0 Å². The van der Waals surface area contributed by atoms with Crippen molar-refractivity contribution in [2.24, 2.45) is 0 Å². The molecule has 0 fully saturated rings. The summed E-state index contributed by atoms with van der Waals surface area (Å²) < 4.78 is 0. The Labute approximate surface area is 121 Å². The Morgan fingerprint density at radius 1 is 1.05 bits per heavy atom. The van der Waals surface area contributed by atoms with Crippen molar-refractivity contribution in [2.45, 2.75) is 19.4 Å². The third-order valence-electron chi connectivity index (χ3n) is 4.08. The summed E-state index contributed by atoms with van der Waals surface area (Å²) in [6.07, 6.45) is 2.31. The number of likely N-dealkylation sites (N-methyl/N-ethyl adjacent to an activating group) is 1. The molecule has 0 saturated carbocycles. The van der Waals surface area contributed by atoms with Crippen molar-refractivity contribution in [3.63, 3.8) is 0 Å². The van der Waals surface area contributed by atoms with Gasteiger partial charge in [0.15, 0.2) is 0 Å². The summed E-state index contributed by atoms with van der Waals surface area (Å²) >= 11 is 0. The molecule has 104 valence electrons. The van der Waals surface area contributed by atoms with Crippen LogP contribution in [0.25, 0.3) is 0 Å². The van der Waals surface area contributed by atoms with Gasteiger partial charge < -0.3 is 10.2 Å². The van der Waals surface area contributed by atoms with Gasteiger partial charge in [-0.1, -0.05) is 42.5 Å². The third-order valence-corrected chi connectivity index (χ3v) is 4.08. The summed E-state index contributed by atoms with van der Waals surface area (Å²) in [6.45, 7) is 3.21. The van der Waals surface area contributed by atoms with Crippen LogP contribution < -0.4 is 10.2 Å². The lowest BCUT2D eigenvalue weighted by atomic mass is 10.0. The largest absolute Gasteiger partial charge is 0.367 e. The first kappa shape index (κ1) is 13.2. The molecule has 0 atom stereocenters. The molecule has 0 spiro atoms. The Balaban J connectivity index is 1.80. The van der Waals surface area contributed by atoms with Crippen LogP contribution in [-0.4, -0.2) is 20.1 Å². The van der Waals surface area contributed by atoms with E-state index in [1.165, 1.54) is 23.2 Å². The van der Waals surface area contributed by atoms with E-state index in [0.717, 1.165) is 26.1 Å². The first-order chi connectivity index (χ1) is 9.88. The lowest BCUT2D eigenvalue weighted by Gasteiger charge is -2.20.